The molecule has 1 aliphatic rings. The molecule has 0 radical (unpaired) electrons. The molecule has 0 aromatic heterocycles. The summed E-state index contributed by atoms with van der Waals surface area (Å²) in [6, 6.07) is 10.3. The van der Waals surface area contributed by atoms with Crippen LogP contribution in [0.25, 0.3) is 0 Å². The predicted molar refractivity (Wildman–Crippen MR) is 106 cm³/mol. The predicted octanol–water partition coefficient (Wildman–Crippen LogP) is 2.35. The Kier molecular flexibility index (Phi) is 6.49. The molecular formula is C22H23NO6. The van der Waals surface area contributed by atoms with Crippen molar-refractivity contribution in [2.75, 3.05) is 27.4 Å². The number of nitrogens with one attached hydrogen (secondary N) is 1. The molecule has 7 nitrogen and oxygen atoms in total. The molecule has 7 heteroatoms. The Hall–Kier alpha value is -3.35. The van der Waals surface area contributed by atoms with Gasteiger partial charge in [-0.15, -0.1) is 0 Å². The summed E-state index contributed by atoms with van der Waals surface area (Å²) in [6.07, 6.45) is 3.11. The highest BCUT2D eigenvalue weighted by Gasteiger charge is 2.16. The van der Waals surface area contributed by atoms with Gasteiger partial charge in [0, 0.05) is 17.2 Å². The average molecular weight is 397 g/mol. The smallest absolute Gasteiger partial charge is 0.325 e. The van der Waals surface area contributed by atoms with E-state index < -0.39 is 11.9 Å². The van der Waals surface area contributed by atoms with E-state index in [-0.39, 0.29) is 24.5 Å². The van der Waals surface area contributed by atoms with Gasteiger partial charge in [-0.25, -0.2) is 0 Å². The number of fused-ring (bicyclic) bond motifs is 1. The van der Waals surface area contributed by atoms with Crippen molar-refractivity contribution in [1.82, 2.24) is 5.32 Å². The summed E-state index contributed by atoms with van der Waals surface area (Å²) in [6.45, 7) is -0.712. The summed E-state index contributed by atoms with van der Waals surface area (Å²) in [7, 11) is 2.96. The summed E-state index contributed by atoms with van der Waals surface area (Å²) in [5.74, 6) is -0.530. The summed E-state index contributed by atoms with van der Waals surface area (Å²) in [5.41, 5.74) is 3.27. The Labute approximate surface area is 169 Å². The van der Waals surface area contributed by atoms with Crippen molar-refractivity contribution in [2.45, 2.75) is 19.3 Å². The number of esters is 1. The highest BCUT2D eigenvalue weighted by molar-refractivity contribution is 5.99. The molecule has 0 spiro atoms. The molecule has 0 aliphatic heterocycles. The fourth-order valence-electron chi connectivity index (χ4n) is 3.22. The summed E-state index contributed by atoms with van der Waals surface area (Å²) >= 11 is 0. The molecule has 1 amide bonds. The number of benzene rings is 2. The third kappa shape index (κ3) is 5.13. The van der Waals surface area contributed by atoms with Gasteiger partial charge in [0.2, 0.25) is 0 Å². The second-order valence-electron chi connectivity index (χ2n) is 6.70. The van der Waals surface area contributed by atoms with Crippen LogP contribution in [0.4, 0.5) is 0 Å². The van der Waals surface area contributed by atoms with Crippen molar-refractivity contribution in [3.8, 4) is 11.5 Å². The second-order valence-corrected chi connectivity index (χ2v) is 6.70. The number of ether oxygens (including phenoxy) is 3. The van der Waals surface area contributed by atoms with Crippen molar-refractivity contribution in [2.24, 2.45) is 0 Å². The Balaban J connectivity index is 1.49. The Morgan fingerprint density at radius 2 is 1.59 bits per heavy atom. The summed E-state index contributed by atoms with van der Waals surface area (Å²) < 4.78 is 15.2. The first-order chi connectivity index (χ1) is 14.0. The maximum absolute atomic E-state index is 12.3. The first-order valence-electron chi connectivity index (χ1n) is 9.32. The van der Waals surface area contributed by atoms with E-state index in [1.165, 1.54) is 37.5 Å². The molecule has 0 saturated carbocycles. The van der Waals surface area contributed by atoms with Crippen LogP contribution in [0, 0.1) is 0 Å². The topological polar surface area (TPSA) is 90.9 Å². The van der Waals surface area contributed by atoms with Crippen LogP contribution in [0.15, 0.2) is 36.4 Å². The fraction of sp³-hybridized carbons (Fsp3) is 0.318. The number of carbonyl (C=O) groups excluding carboxylic acids is 3. The number of ketones is 1. The average Bonchev–Trinajstić information content (AvgIpc) is 3.23. The number of carbonyl (C=O) groups is 3. The van der Waals surface area contributed by atoms with Crippen LogP contribution in [0.1, 0.15) is 38.3 Å². The molecule has 0 saturated heterocycles. The van der Waals surface area contributed by atoms with Crippen LogP contribution in [-0.4, -0.2) is 45.0 Å². The lowest BCUT2D eigenvalue weighted by Crippen LogP contribution is -2.31. The van der Waals surface area contributed by atoms with Crippen LogP contribution < -0.4 is 14.8 Å². The number of hydrogen-bond donors (Lipinski definition) is 1. The van der Waals surface area contributed by atoms with Crippen molar-refractivity contribution >= 4 is 17.7 Å². The van der Waals surface area contributed by atoms with Gasteiger partial charge in [-0.1, -0.05) is 12.1 Å². The van der Waals surface area contributed by atoms with E-state index in [0.717, 1.165) is 19.3 Å². The molecule has 3 rings (SSSR count). The zero-order valence-electron chi connectivity index (χ0n) is 16.4. The summed E-state index contributed by atoms with van der Waals surface area (Å²) in [5, 5.41) is 2.46. The van der Waals surface area contributed by atoms with Gasteiger partial charge in [-0.2, -0.15) is 0 Å². The molecule has 1 aliphatic carbocycles. The van der Waals surface area contributed by atoms with Crippen LogP contribution in [0.5, 0.6) is 11.5 Å². The van der Waals surface area contributed by atoms with E-state index in [4.69, 9.17) is 14.2 Å². The molecule has 1 N–H and O–H groups in total. The maximum Gasteiger partial charge on any atom is 0.325 e. The SMILES string of the molecule is COc1cc(OC)cc(C(=O)NCC(=O)OCC(=O)c2ccc3c(c2)CCC3)c1. The van der Waals surface area contributed by atoms with Gasteiger partial charge in [0.25, 0.3) is 5.91 Å². The minimum atomic E-state index is -0.692. The lowest BCUT2D eigenvalue weighted by atomic mass is 10.0. The highest BCUT2D eigenvalue weighted by Crippen LogP contribution is 2.23. The lowest BCUT2D eigenvalue weighted by molar-refractivity contribution is -0.141. The zero-order chi connectivity index (χ0) is 20.8. The minimum absolute atomic E-state index is 0.267. The van der Waals surface area contributed by atoms with Crippen molar-refractivity contribution in [3.05, 3.63) is 58.7 Å². The molecule has 29 heavy (non-hydrogen) atoms. The maximum atomic E-state index is 12.3. The Bertz CT molecular complexity index is 915. The number of amides is 1. The molecule has 2 aromatic rings. The molecule has 2 aromatic carbocycles. The van der Waals surface area contributed by atoms with Crippen molar-refractivity contribution in [1.29, 1.82) is 0 Å². The van der Waals surface area contributed by atoms with Gasteiger partial charge >= 0.3 is 5.97 Å². The van der Waals surface area contributed by atoms with E-state index in [0.29, 0.717) is 17.1 Å². The van der Waals surface area contributed by atoms with E-state index >= 15 is 0 Å². The second kappa shape index (κ2) is 9.23. The van der Waals surface area contributed by atoms with E-state index in [9.17, 15) is 14.4 Å². The molecule has 0 heterocycles. The quantitative estimate of drug-likeness (QED) is 0.543. The number of methoxy groups -OCH3 is 2. The van der Waals surface area contributed by atoms with E-state index in [2.05, 4.69) is 5.32 Å². The van der Waals surface area contributed by atoms with Crippen LogP contribution >= 0.6 is 0 Å². The number of aryl methyl sites for hydroxylation is 2. The lowest BCUT2D eigenvalue weighted by Gasteiger charge is -2.09. The van der Waals surface area contributed by atoms with Gasteiger partial charge in [-0.3, -0.25) is 14.4 Å². The molecule has 0 unspecified atom stereocenters. The van der Waals surface area contributed by atoms with Gasteiger partial charge < -0.3 is 19.5 Å². The fourth-order valence-corrected chi connectivity index (χ4v) is 3.22. The van der Waals surface area contributed by atoms with Crippen LogP contribution in [0.2, 0.25) is 0 Å². The number of rotatable bonds is 8. The first-order valence-corrected chi connectivity index (χ1v) is 9.32. The Morgan fingerprint density at radius 1 is 0.897 bits per heavy atom. The molecule has 0 atom stereocenters. The molecular weight excluding hydrogens is 374 g/mol. The standard InChI is InChI=1S/C22H23NO6/c1-27-18-9-17(10-19(11-18)28-2)22(26)23-12-21(25)29-13-20(24)16-7-6-14-4-3-5-15(14)8-16/h6-11H,3-5,12-13H2,1-2H3,(H,23,26). The highest BCUT2D eigenvalue weighted by atomic mass is 16.5. The van der Waals surface area contributed by atoms with E-state index in [1.807, 2.05) is 12.1 Å². The van der Waals surface area contributed by atoms with E-state index in [1.54, 1.807) is 12.1 Å². The monoisotopic (exact) mass is 397 g/mol. The Morgan fingerprint density at radius 3 is 2.28 bits per heavy atom. The number of hydrogen-bond acceptors (Lipinski definition) is 6. The van der Waals surface area contributed by atoms with Gasteiger partial charge in [0.15, 0.2) is 12.4 Å². The van der Waals surface area contributed by atoms with Gasteiger partial charge in [0.05, 0.1) is 14.2 Å². The largest absolute Gasteiger partial charge is 0.497 e. The normalized spacial score (nSPS) is 12.1. The van der Waals surface area contributed by atoms with Crippen molar-refractivity contribution in [3.63, 3.8) is 0 Å². The van der Waals surface area contributed by atoms with Crippen LogP contribution in [0.3, 0.4) is 0 Å². The van der Waals surface area contributed by atoms with Crippen LogP contribution in [-0.2, 0) is 22.4 Å². The van der Waals surface area contributed by atoms with Crippen molar-refractivity contribution < 1.29 is 28.6 Å². The minimum Gasteiger partial charge on any atom is -0.497 e. The number of Topliss-reactive ketones (excluding diaryl/α,β-unsaturated/α-hetero) is 1. The zero-order valence-corrected chi connectivity index (χ0v) is 16.4. The van der Waals surface area contributed by atoms with Gasteiger partial charge in [0.1, 0.15) is 18.0 Å². The van der Waals surface area contributed by atoms with Gasteiger partial charge in [-0.05, 0) is 48.6 Å². The molecule has 152 valence electrons. The third-order valence-corrected chi connectivity index (χ3v) is 4.79. The summed E-state index contributed by atoms with van der Waals surface area (Å²) in [4.78, 5) is 36.4. The molecule has 0 fully saturated rings. The third-order valence-electron chi connectivity index (χ3n) is 4.79. The first kappa shape index (κ1) is 20.4. The molecule has 0 bridgehead atoms.